The van der Waals surface area contributed by atoms with Crippen molar-refractivity contribution < 1.29 is 4.74 Å². The summed E-state index contributed by atoms with van der Waals surface area (Å²) in [6, 6.07) is 55.5. The summed E-state index contributed by atoms with van der Waals surface area (Å²) in [5, 5.41) is 0.562. The van der Waals surface area contributed by atoms with Crippen molar-refractivity contribution in [1.82, 2.24) is 0 Å². The number of fused-ring (bicyclic) bond motifs is 6. The van der Waals surface area contributed by atoms with Gasteiger partial charge in [-0.25, -0.2) is 0 Å². The summed E-state index contributed by atoms with van der Waals surface area (Å²) in [5.74, 6) is 1.37. The van der Waals surface area contributed by atoms with Crippen LogP contribution in [0, 0.1) is 0 Å². The van der Waals surface area contributed by atoms with Crippen LogP contribution in [0.2, 0.25) is 5.02 Å². The predicted molar refractivity (Wildman–Crippen MR) is 166 cm³/mol. The van der Waals surface area contributed by atoms with Crippen molar-refractivity contribution in [3.8, 4) is 11.5 Å². The molecule has 1 aliphatic heterocycles. The Hall–Kier alpha value is -4.44. The number of hydrogen-bond donors (Lipinski definition) is 0. The summed E-state index contributed by atoms with van der Waals surface area (Å²) in [6.45, 7) is 0. The zero-order chi connectivity index (χ0) is 26.9. The number of halogens is 1. The van der Waals surface area contributed by atoms with Crippen LogP contribution >= 0.6 is 21.6 Å². The van der Waals surface area contributed by atoms with E-state index in [1.165, 1.54) is 19.6 Å². The molecule has 0 aliphatic carbocycles. The van der Waals surface area contributed by atoms with E-state index in [1.54, 1.807) is 0 Å². The van der Waals surface area contributed by atoms with Crippen molar-refractivity contribution in [2.24, 2.45) is 0 Å². The number of ether oxygens (including phenoxy) is 1. The second-order valence-corrected chi connectivity index (χ2v) is 13.1. The fraction of sp³-hybridized carbons (Fsp3) is 0. The Labute approximate surface area is 241 Å². The van der Waals surface area contributed by atoms with Crippen LogP contribution < -0.4 is 9.64 Å². The van der Waals surface area contributed by atoms with E-state index in [0.29, 0.717) is 10.8 Å². The molecule has 0 spiro atoms. The number of para-hydroxylation sites is 1. The first kappa shape index (κ1) is 24.6. The van der Waals surface area contributed by atoms with E-state index in [1.807, 2.05) is 30.3 Å². The smallest absolute Gasteiger partial charge is 0.148 e. The average molecular weight is 556 g/mol. The zero-order valence-electron chi connectivity index (χ0n) is 21.7. The van der Waals surface area contributed by atoms with E-state index in [9.17, 15) is 0 Å². The molecule has 4 heteroatoms. The van der Waals surface area contributed by atoms with Crippen LogP contribution in [0.1, 0.15) is 0 Å². The molecule has 6 aromatic carbocycles. The van der Waals surface area contributed by atoms with Crippen LogP contribution in [0.4, 0.5) is 17.1 Å². The maximum Gasteiger partial charge on any atom is 0.148 e. The molecule has 0 saturated heterocycles. The lowest BCUT2D eigenvalue weighted by Crippen LogP contribution is -2.12. The van der Waals surface area contributed by atoms with Crippen LogP contribution in [-0.2, 0) is 0 Å². The van der Waals surface area contributed by atoms with E-state index in [-0.39, 0.29) is 0 Å². The van der Waals surface area contributed by atoms with Crippen LogP contribution in [0.15, 0.2) is 177 Å². The topological polar surface area (TPSA) is 12.5 Å². The van der Waals surface area contributed by atoms with Gasteiger partial charge < -0.3 is 9.64 Å². The van der Waals surface area contributed by atoms with Gasteiger partial charge in [-0.2, -0.15) is 0 Å². The average Bonchev–Trinajstić information content (AvgIpc) is 3.01. The maximum absolute atomic E-state index is 7.09. The van der Waals surface area contributed by atoms with Crippen molar-refractivity contribution in [1.29, 1.82) is 0 Å². The van der Waals surface area contributed by atoms with Gasteiger partial charge in [0.05, 0.1) is 5.69 Å². The third-order valence-electron chi connectivity index (χ3n) is 7.21. The summed E-state index contributed by atoms with van der Waals surface area (Å²) in [4.78, 5) is 7.16. The van der Waals surface area contributed by atoms with Gasteiger partial charge in [0.15, 0.2) is 0 Å². The normalized spacial score (nSPS) is 14.3. The second kappa shape index (κ2) is 10.3. The van der Waals surface area contributed by atoms with Gasteiger partial charge in [-0.1, -0.05) is 84.4 Å². The summed E-state index contributed by atoms with van der Waals surface area (Å²) < 4.78 is 6.53. The van der Waals surface area contributed by atoms with Crippen LogP contribution in [-0.4, -0.2) is 0 Å². The van der Waals surface area contributed by atoms with E-state index in [0.717, 1.165) is 22.8 Å². The minimum absolute atomic E-state index is 0.562. The third-order valence-corrected chi connectivity index (χ3v) is 11.5. The Morgan fingerprint density at radius 2 is 1.00 bits per heavy atom. The highest BCUT2D eigenvalue weighted by molar-refractivity contribution is 8.34. The standard InChI is InChI=1S/C36H26ClNOS/c37-36-34-23-12-24-35(36)39-29-16-11-22-33(26-29)40(30-17-6-2-7-18-30,31-19-8-3-9-20-31)32-21-10-15-28(25-32)38(34)27-13-4-1-5-14-27/h1-26H. The number of benzene rings is 6. The van der Waals surface area contributed by atoms with Crippen molar-refractivity contribution in [2.45, 2.75) is 19.6 Å². The lowest BCUT2D eigenvalue weighted by molar-refractivity contribution is 0.481. The Morgan fingerprint density at radius 1 is 0.475 bits per heavy atom. The Morgan fingerprint density at radius 3 is 1.68 bits per heavy atom. The minimum Gasteiger partial charge on any atom is -0.456 e. The largest absolute Gasteiger partial charge is 0.456 e. The molecule has 0 unspecified atom stereocenters. The summed E-state index contributed by atoms with van der Waals surface area (Å²) in [7, 11) is -1.90. The third kappa shape index (κ3) is 4.06. The van der Waals surface area contributed by atoms with E-state index >= 15 is 0 Å². The van der Waals surface area contributed by atoms with Crippen molar-refractivity contribution in [3.63, 3.8) is 0 Å². The van der Waals surface area contributed by atoms with Crippen molar-refractivity contribution in [2.75, 3.05) is 4.90 Å². The molecule has 0 N–H and O–H groups in total. The Bertz CT molecular complexity index is 1750. The van der Waals surface area contributed by atoms with Crippen LogP contribution in [0.25, 0.3) is 0 Å². The van der Waals surface area contributed by atoms with Gasteiger partial charge in [-0.15, -0.1) is 10.0 Å². The Kier molecular flexibility index (Phi) is 6.31. The highest BCUT2D eigenvalue weighted by Gasteiger charge is 2.34. The molecule has 0 amide bonds. The van der Waals surface area contributed by atoms with Crippen molar-refractivity contribution in [3.05, 3.63) is 163 Å². The van der Waals surface area contributed by atoms with Gasteiger partial charge in [-0.3, -0.25) is 0 Å². The SMILES string of the molecule is Clc1c2cccc1N(c1ccccc1)c1cccc(c1)S(c1ccccc1)(c1ccccc1)c1cccc(c1)O2. The molecule has 1 aliphatic rings. The first-order chi connectivity index (χ1) is 19.7. The highest BCUT2D eigenvalue weighted by Crippen LogP contribution is 2.74. The second-order valence-electron chi connectivity index (χ2n) is 9.57. The highest BCUT2D eigenvalue weighted by atomic mass is 35.5. The van der Waals surface area contributed by atoms with Gasteiger partial charge in [0.2, 0.25) is 0 Å². The zero-order valence-corrected chi connectivity index (χ0v) is 23.2. The van der Waals surface area contributed by atoms with Gasteiger partial charge in [0, 0.05) is 31.0 Å². The molecule has 0 radical (unpaired) electrons. The minimum atomic E-state index is -1.90. The molecule has 7 rings (SSSR count). The molecule has 1 heterocycles. The molecule has 0 fully saturated rings. The van der Waals surface area contributed by atoms with Crippen LogP contribution in [0.3, 0.4) is 0 Å². The molecule has 194 valence electrons. The lowest BCUT2D eigenvalue weighted by Gasteiger charge is -2.42. The monoisotopic (exact) mass is 555 g/mol. The maximum atomic E-state index is 7.09. The fourth-order valence-electron chi connectivity index (χ4n) is 5.49. The summed E-state index contributed by atoms with van der Waals surface area (Å²) in [5.41, 5.74) is 2.91. The van der Waals surface area contributed by atoms with Gasteiger partial charge >= 0.3 is 0 Å². The molecule has 6 bridgehead atoms. The quantitative estimate of drug-likeness (QED) is 0.215. The predicted octanol–water partition coefficient (Wildman–Crippen LogP) is 11.3. The Balaban J connectivity index is 1.63. The summed E-state index contributed by atoms with van der Waals surface area (Å²) in [6.07, 6.45) is 0. The van der Waals surface area contributed by atoms with E-state index in [2.05, 4.69) is 132 Å². The summed E-state index contributed by atoms with van der Waals surface area (Å²) >= 11 is 7.09. The molecular formula is C36H26ClNOS. The first-order valence-corrected chi connectivity index (χ1v) is 15.2. The number of hydrogen-bond acceptors (Lipinski definition) is 2. The van der Waals surface area contributed by atoms with Crippen LogP contribution in [0.5, 0.6) is 11.5 Å². The number of rotatable bonds is 3. The molecule has 6 aromatic rings. The van der Waals surface area contributed by atoms with Gasteiger partial charge in [0.1, 0.15) is 16.5 Å². The fourth-order valence-corrected chi connectivity index (χ4v) is 9.66. The van der Waals surface area contributed by atoms with Gasteiger partial charge in [-0.05, 0) is 84.9 Å². The molecule has 2 nitrogen and oxygen atoms in total. The molecule has 40 heavy (non-hydrogen) atoms. The number of anilines is 3. The molecule has 0 aromatic heterocycles. The molecule has 0 saturated carbocycles. The number of nitrogens with zero attached hydrogens (tertiary/aromatic N) is 1. The molecular weight excluding hydrogens is 530 g/mol. The lowest BCUT2D eigenvalue weighted by atomic mass is 10.2. The van der Waals surface area contributed by atoms with Gasteiger partial charge in [0.25, 0.3) is 0 Å². The van der Waals surface area contributed by atoms with E-state index in [4.69, 9.17) is 16.3 Å². The first-order valence-electron chi connectivity index (χ1n) is 13.2. The van der Waals surface area contributed by atoms with Crippen molar-refractivity contribution >= 4 is 38.7 Å². The van der Waals surface area contributed by atoms with E-state index < -0.39 is 10.0 Å². The molecule has 0 atom stereocenters.